The van der Waals surface area contributed by atoms with E-state index in [4.69, 9.17) is 10.2 Å². The number of carboxylic acids is 1. The summed E-state index contributed by atoms with van der Waals surface area (Å²) in [4.78, 5) is 10.1. The van der Waals surface area contributed by atoms with Crippen LogP contribution in [0.15, 0.2) is 0 Å². The lowest BCUT2D eigenvalue weighted by Gasteiger charge is -2.07. The van der Waals surface area contributed by atoms with Gasteiger partial charge in [-0.2, -0.15) is 0 Å². The molecule has 0 saturated carbocycles. The minimum Gasteiger partial charge on any atom is -0.481 e. The Balaban J connectivity index is 3.05. The third kappa shape index (κ3) is 7.50. The normalized spacial score (nSPS) is 12.8. The van der Waals surface area contributed by atoms with Crippen molar-refractivity contribution in [3.05, 3.63) is 0 Å². The van der Waals surface area contributed by atoms with E-state index in [9.17, 15) is 4.79 Å². The van der Waals surface area contributed by atoms with Crippen molar-refractivity contribution >= 4 is 5.97 Å². The van der Waals surface area contributed by atoms with Crippen molar-refractivity contribution in [3.63, 3.8) is 0 Å². The molecule has 12 heavy (non-hydrogen) atoms. The summed E-state index contributed by atoms with van der Waals surface area (Å²) in [7, 11) is 0. The van der Waals surface area contributed by atoms with E-state index in [0.717, 1.165) is 6.42 Å². The Morgan fingerprint density at radius 1 is 1.58 bits per heavy atom. The standard InChI is InChI=1S/C8H17NO3/c1-2-7(10)6-9-5-3-4-8(11)12/h7,9-10H,2-6H2,1H3,(H,11,12). The maximum atomic E-state index is 10.1. The average molecular weight is 175 g/mol. The van der Waals surface area contributed by atoms with Crippen molar-refractivity contribution in [1.29, 1.82) is 0 Å². The lowest BCUT2D eigenvalue weighted by Crippen LogP contribution is -2.27. The van der Waals surface area contributed by atoms with E-state index in [0.29, 0.717) is 19.5 Å². The van der Waals surface area contributed by atoms with Crippen molar-refractivity contribution in [2.24, 2.45) is 0 Å². The predicted molar refractivity (Wildman–Crippen MR) is 46.0 cm³/mol. The van der Waals surface area contributed by atoms with Gasteiger partial charge in [-0.25, -0.2) is 0 Å². The molecule has 0 aromatic heterocycles. The van der Waals surface area contributed by atoms with E-state index in [-0.39, 0.29) is 12.5 Å². The van der Waals surface area contributed by atoms with Crippen LogP contribution < -0.4 is 5.32 Å². The topological polar surface area (TPSA) is 69.6 Å². The summed E-state index contributed by atoms with van der Waals surface area (Å²) < 4.78 is 0. The summed E-state index contributed by atoms with van der Waals surface area (Å²) in [5, 5.41) is 20.4. The van der Waals surface area contributed by atoms with E-state index < -0.39 is 5.97 Å². The van der Waals surface area contributed by atoms with Crippen molar-refractivity contribution in [1.82, 2.24) is 5.32 Å². The Morgan fingerprint density at radius 3 is 2.75 bits per heavy atom. The van der Waals surface area contributed by atoms with E-state index in [1.165, 1.54) is 0 Å². The first-order valence-corrected chi connectivity index (χ1v) is 4.27. The quantitative estimate of drug-likeness (QED) is 0.484. The zero-order chi connectivity index (χ0) is 9.40. The second-order valence-corrected chi connectivity index (χ2v) is 2.76. The smallest absolute Gasteiger partial charge is 0.303 e. The first kappa shape index (κ1) is 11.4. The van der Waals surface area contributed by atoms with Crippen molar-refractivity contribution in [2.75, 3.05) is 13.1 Å². The fraction of sp³-hybridized carbons (Fsp3) is 0.875. The second kappa shape index (κ2) is 7.06. The molecule has 0 radical (unpaired) electrons. The van der Waals surface area contributed by atoms with Gasteiger partial charge in [-0.05, 0) is 19.4 Å². The summed E-state index contributed by atoms with van der Waals surface area (Å²) in [6.07, 6.45) is 1.22. The van der Waals surface area contributed by atoms with Crippen molar-refractivity contribution < 1.29 is 15.0 Å². The number of nitrogens with one attached hydrogen (secondary N) is 1. The highest BCUT2D eigenvalue weighted by molar-refractivity contribution is 5.66. The molecule has 0 amide bonds. The summed E-state index contributed by atoms with van der Waals surface area (Å²) in [5.74, 6) is -0.771. The molecule has 1 atom stereocenters. The Hall–Kier alpha value is -0.610. The first-order valence-electron chi connectivity index (χ1n) is 4.27. The van der Waals surface area contributed by atoms with Crippen LogP contribution in [0.2, 0.25) is 0 Å². The molecule has 1 unspecified atom stereocenters. The molecule has 0 aliphatic carbocycles. The number of aliphatic carboxylic acids is 1. The van der Waals surface area contributed by atoms with Gasteiger partial charge in [-0.15, -0.1) is 0 Å². The highest BCUT2D eigenvalue weighted by atomic mass is 16.4. The van der Waals surface area contributed by atoms with Crippen LogP contribution >= 0.6 is 0 Å². The van der Waals surface area contributed by atoms with Gasteiger partial charge in [-0.3, -0.25) is 4.79 Å². The predicted octanol–water partition coefficient (Wildman–Crippen LogP) is 0.212. The first-order chi connectivity index (χ1) is 5.66. The highest BCUT2D eigenvalue weighted by Crippen LogP contribution is 1.88. The van der Waals surface area contributed by atoms with E-state index in [1.807, 2.05) is 6.92 Å². The van der Waals surface area contributed by atoms with Gasteiger partial charge in [-0.1, -0.05) is 6.92 Å². The molecule has 0 rings (SSSR count). The van der Waals surface area contributed by atoms with Crippen molar-refractivity contribution in [3.8, 4) is 0 Å². The highest BCUT2D eigenvalue weighted by Gasteiger charge is 1.99. The van der Waals surface area contributed by atoms with Gasteiger partial charge in [0.15, 0.2) is 0 Å². The zero-order valence-electron chi connectivity index (χ0n) is 7.42. The molecule has 0 heterocycles. The van der Waals surface area contributed by atoms with Crippen LogP contribution in [0.3, 0.4) is 0 Å². The number of carboxylic acid groups (broad SMARTS) is 1. The van der Waals surface area contributed by atoms with Gasteiger partial charge in [0, 0.05) is 13.0 Å². The molecular formula is C8H17NO3. The number of carbonyl (C=O) groups is 1. The molecule has 3 N–H and O–H groups in total. The summed E-state index contributed by atoms with van der Waals surface area (Å²) in [6, 6.07) is 0. The van der Waals surface area contributed by atoms with Gasteiger partial charge < -0.3 is 15.5 Å². The molecule has 0 fully saturated rings. The molecule has 0 aliphatic heterocycles. The van der Waals surface area contributed by atoms with Crippen LogP contribution in [0.25, 0.3) is 0 Å². The molecule has 0 bridgehead atoms. The van der Waals surface area contributed by atoms with Gasteiger partial charge >= 0.3 is 5.97 Å². The fourth-order valence-electron chi connectivity index (χ4n) is 0.778. The van der Waals surface area contributed by atoms with E-state index >= 15 is 0 Å². The maximum absolute atomic E-state index is 10.1. The molecule has 0 spiro atoms. The lowest BCUT2D eigenvalue weighted by atomic mass is 10.2. The van der Waals surface area contributed by atoms with Crippen LogP contribution in [0.1, 0.15) is 26.2 Å². The molecule has 72 valence electrons. The van der Waals surface area contributed by atoms with Crippen LogP contribution in [0, 0.1) is 0 Å². The second-order valence-electron chi connectivity index (χ2n) is 2.76. The molecule has 4 heteroatoms. The van der Waals surface area contributed by atoms with Gasteiger partial charge in [0.25, 0.3) is 0 Å². The fourth-order valence-corrected chi connectivity index (χ4v) is 0.778. The molecule has 0 aromatic rings. The summed E-state index contributed by atoms with van der Waals surface area (Å²) in [6.45, 7) is 3.11. The SMILES string of the molecule is CCC(O)CNCCCC(=O)O. The largest absolute Gasteiger partial charge is 0.481 e. The summed E-state index contributed by atoms with van der Waals surface area (Å²) in [5.41, 5.74) is 0. The van der Waals surface area contributed by atoms with Gasteiger partial charge in [0.2, 0.25) is 0 Å². The maximum Gasteiger partial charge on any atom is 0.303 e. The van der Waals surface area contributed by atoms with Crippen LogP contribution in [-0.4, -0.2) is 35.4 Å². The Bertz CT molecular complexity index is 127. The third-order valence-corrected chi connectivity index (χ3v) is 1.60. The zero-order valence-corrected chi connectivity index (χ0v) is 7.42. The molecule has 4 nitrogen and oxygen atoms in total. The van der Waals surface area contributed by atoms with Crippen LogP contribution in [-0.2, 0) is 4.79 Å². The third-order valence-electron chi connectivity index (χ3n) is 1.60. The average Bonchev–Trinajstić information content (AvgIpc) is 2.03. The summed E-state index contributed by atoms with van der Waals surface area (Å²) >= 11 is 0. The number of hydrogen-bond acceptors (Lipinski definition) is 3. The number of aliphatic hydroxyl groups is 1. The lowest BCUT2D eigenvalue weighted by molar-refractivity contribution is -0.137. The Kier molecular flexibility index (Phi) is 6.70. The minimum absolute atomic E-state index is 0.190. The minimum atomic E-state index is -0.771. The van der Waals surface area contributed by atoms with Gasteiger partial charge in [0.1, 0.15) is 0 Å². The monoisotopic (exact) mass is 175 g/mol. The van der Waals surface area contributed by atoms with Crippen LogP contribution in [0.4, 0.5) is 0 Å². The number of aliphatic hydroxyl groups excluding tert-OH is 1. The number of rotatable bonds is 7. The Morgan fingerprint density at radius 2 is 2.25 bits per heavy atom. The van der Waals surface area contributed by atoms with Crippen LogP contribution in [0.5, 0.6) is 0 Å². The molecule has 0 saturated heterocycles. The van der Waals surface area contributed by atoms with E-state index in [2.05, 4.69) is 5.32 Å². The Labute approximate surface area is 72.6 Å². The van der Waals surface area contributed by atoms with E-state index in [1.54, 1.807) is 0 Å². The number of hydrogen-bond donors (Lipinski definition) is 3. The molecule has 0 aliphatic rings. The van der Waals surface area contributed by atoms with Gasteiger partial charge in [0.05, 0.1) is 6.10 Å². The molecule has 0 aromatic carbocycles. The molecular weight excluding hydrogens is 158 g/mol. The van der Waals surface area contributed by atoms with Crippen molar-refractivity contribution in [2.45, 2.75) is 32.3 Å².